The van der Waals surface area contributed by atoms with Gasteiger partial charge in [-0.15, -0.1) is 0 Å². The first-order chi connectivity index (χ1) is 7.27. The van der Waals surface area contributed by atoms with E-state index in [0.717, 1.165) is 17.4 Å². The molecule has 1 N–H and O–H groups in total. The monoisotopic (exact) mass is 246 g/mol. The van der Waals surface area contributed by atoms with E-state index < -0.39 is 0 Å². The Morgan fingerprint density at radius 1 is 1.27 bits per heavy atom. The third-order valence-electron chi connectivity index (χ3n) is 2.94. The number of hydrogen-bond donors (Lipinski definition) is 1. The maximum atomic E-state index is 5.37. The second-order valence-electron chi connectivity index (χ2n) is 3.99. The fourth-order valence-corrected chi connectivity index (χ4v) is 3.19. The van der Waals surface area contributed by atoms with Gasteiger partial charge in [0.05, 0.1) is 0 Å². The van der Waals surface area contributed by atoms with Gasteiger partial charge >= 0.3 is 0 Å². The molecule has 0 amide bonds. The Morgan fingerprint density at radius 3 is 2.40 bits per heavy atom. The SMILES string of the molecule is CCN(CC)C(=S)SNC1CCCCC1. The standard InChI is InChI=1S/C11H22N2S2/c1-3-13(4-2)11(14)15-12-10-8-6-5-7-9-10/h10,12H,3-9H2,1-2H3. The van der Waals surface area contributed by atoms with Crippen LogP contribution >= 0.6 is 24.2 Å². The molecule has 0 aromatic rings. The summed E-state index contributed by atoms with van der Waals surface area (Å²) in [6, 6.07) is 0.678. The average molecular weight is 246 g/mol. The van der Waals surface area contributed by atoms with Crippen molar-refractivity contribution in [2.45, 2.75) is 52.0 Å². The molecule has 0 bridgehead atoms. The molecule has 0 unspecified atom stereocenters. The van der Waals surface area contributed by atoms with Crippen molar-refractivity contribution in [1.29, 1.82) is 0 Å². The Balaban J connectivity index is 2.20. The summed E-state index contributed by atoms with van der Waals surface area (Å²) in [6.07, 6.45) is 6.78. The lowest BCUT2D eigenvalue weighted by molar-refractivity contribution is 0.423. The van der Waals surface area contributed by atoms with Crippen molar-refractivity contribution in [1.82, 2.24) is 9.62 Å². The summed E-state index contributed by atoms with van der Waals surface area (Å²) >= 11 is 7.02. The van der Waals surface area contributed by atoms with Crippen molar-refractivity contribution in [2.75, 3.05) is 13.1 Å². The minimum Gasteiger partial charge on any atom is -0.357 e. The summed E-state index contributed by atoms with van der Waals surface area (Å²) in [7, 11) is 0. The van der Waals surface area contributed by atoms with E-state index in [-0.39, 0.29) is 0 Å². The van der Waals surface area contributed by atoms with Crippen LogP contribution in [0.5, 0.6) is 0 Å². The van der Waals surface area contributed by atoms with Crippen molar-refractivity contribution in [3.63, 3.8) is 0 Å². The van der Waals surface area contributed by atoms with E-state index in [2.05, 4.69) is 23.5 Å². The third-order valence-corrected chi connectivity index (χ3v) is 4.33. The minimum atomic E-state index is 0.678. The van der Waals surface area contributed by atoms with Crippen molar-refractivity contribution in [3.8, 4) is 0 Å². The van der Waals surface area contributed by atoms with Gasteiger partial charge in [-0.2, -0.15) is 0 Å². The molecule has 2 nitrogen and oxygen atoms in total. The van der Waals surface area contributed by atoms with Gasteiger partial charge in [0, 0.05) is 19.1 Å². The first-order valence-electron chi connectivity index (χ1n) is 5.99. The molecule has 4 heteroatoms. The second kappa shape index (κ2) is 7.47. The third kappa shape index (κ3) is 4.70. The molecule has 0 aromatic heterocycles. The molecule has 1 aliphatic carbocycles. The molecule has 0 heterocycles. The van der Waals surface area contributed by atoms with E-state index >= 15 is 0 Å². The predicted octanol–water partition coefficient (Wildman–Crippen LogP) is 3.18. The lowest BCUT2D eigenvalue weighted by Crippen LogP contribution is -2.32. The molecule has 1 rings (SSSR count). The number of rotatable bonds is 4. The molecule has 1 saturated carbocycles. The molecule has 1 aliphatic rings. The van der Waals surface area contributed by atoms with Gasteiger partial charge in [-0.3, -0.25) is 4.72 Å². The zero-order valence-electron chi connectivity index (χ0n) is 9.79. The van der Waals surface area contributed by atoms with Gasteiger partial charge in [-0.05, 0) is 38.6 Å². The molecular weight excluding hydrogens is 224 g/mol. The van der Waals surface area contributed by atoms with Crippen LogP contribution in [-0.2, 0) is 0 Å². The zero-order chi connectivity index (χ0) is 11.1. The first kappa shape index (κ1) is 13.3. The van der Waals surface area contributed by atoms with E-state index in [1.54, 1.807) is 11.9 Å². The van der Waals surface area contributed by atoms with Crippen LogP contribution in [0.3, 0.4) is 0 Å². The van der Waals surface area contributed by atoms with Crippen LogP contribution in [0.1, 0.15) is 46.0 Å². The molecule has 0 spiro atoms. The van der Waals surface area contributed by atoms with Crippen LogP contribution < -0.4 is 4.72 Å². The van der Waals surface area contributed by atoms with Crippen LogP contribution in [0.4, 0.5) is 0 Å². The topological polar surface area (TPSA) is 15.3 Å². The summed E-state index contributed by atoms with van der Waals surface area (Å²) < 4.78 is 4.50. The molecule has 0 aromatic carbocycles. The fraction of sp³-hybridized carbons (Fsp3) is 0.909. The Morgan fingerprint density at radius 2 is 1.87 bits per heavy atom. The van der Waals surface area contributed by atoms with Crippen molar-refractivity contribution in [3.05, 3.63) is 0 Å². The number of nitrogens with one attached hydrogen (secondary N) is 1. The highest BCUT2D eigenvalue weighted by Crippen LogP contribution is 2.20. The lowest BCUT2D eigenvalue weighted by atomic mass is 9.96. The molecule has 0 aliphatic heterocycles. The highest BCUT2D eigenvalue weighted by Gasteiger charge is 2.14. The molecular formula is C11H22N2S2. The Labute approximate surface area is 103 Å². The highest BCUT2D eigenvalue weighted by molar-refractivity contribution is 8.21. The van der Waals surface area contributed by atoms with Crippen LogP contribution in [0.25, 0.3) is 0 Å². The summed E-state index contributed by atoms with van der Waals surface area (Å²) in [6.45, 7) is 6.32. The van der Waals surface area contributed by atoms with Gasteiger partial charge in [-0.1, -0.05) is 31.5 Å². The van der Waals surface area contributed by atoms with E-state index in [0.29, 0.717) is 6.04 Å². The van der Waals surface area contributed by atoms with Gasteiger partial charge in [0.25, 0.3) is 0 Å². The normalized spacial score (nSPS) is 17.7. The Bertz CT molecular complexity index is 187. The summed E-state index contributed by atoms with van der Waals surface area (Å²) in [4.78, 5) is 2.22. The largest absolute Gasteiger partial charge is 0.357 e. The van der Waals surface area contributed by atoms with E-state index in [4.69, 9.17) is 12.2 Å². The van der Waals surface area contributed by atoms with Gasteiger partial charge in [0.15, 0.2) is 4.32 Å². The van der Waals surface area contributed by atoms with Gasteiger partial charge in [0.1, 0.15) is 0 Å². The number of thiocarbonyl (C=S) groups is 1. The summed E-state index contributed by atoms with van der Waals surface area (Å²) in [5.41, 5.74) is 0. The van der Waals surface area contributed by atoms with Gasteiger partial charge < -0.3 is 4.90 Å². The van der Waals surface area contributed by atoms with E-state index in [1.165, 1.54) is 32.1 Å². The van der Waals surface area contributed by atoms with Crippen LogP contribution in [0.15, 0.2) is 0 Å². The molecule has 0 saturated heterocycles. The Hall–Kier alpha value is 0.200. The molecule has 0 atom stereocenters. The first-order valence-corrected chi connectivity index (χ1v) is 7.21. The second-order valence-corrected chi connectivity index (χ2v) is 5.46. The summed E-state index contributed by atoms with van der Waals surface area (Å²) in [5.74, 6) is 0. The summed E-state index contributed by atoms with van der Waals surface area (Å²) in [5, 5.41) is 0. The van der Waals surface area contributed by atoms with E-state index in [9.17, 15) is 0 Å². The minimum absolute atomic E-state index is 0.678. The quantitative estimate of drug-likeness (QED) is 0.605. The number of hydrogen-bond acceptors (Lipinski definition) is 3. The fourth-order valence-electron chi connectivity index (χ4n) is 1.90. The average Bonchev–Trinajstić information content (AvgIpc) is 2.29. The zero-order valence-corrected chi connectivity index (χ0v) is 11.4. The molecule has 88 valence electrons. The van der Waals surface area contributed by atoms with Crippen molar-refractivity contribution >= 4 is 28.5 Å². The van der Waals surface area contributed by atoms with Crippen LogP contribution in [0.2, 0.25) is 0 Å². The Kier molecular flexibility index (Phi) is 6.61. The number of nitrogens with zero attached hydrogens (tertiary/aromatic N) is 1. The maximum Gasteiger partial charge on any atom is 0.151 e. The van der Waals surface area contributed by atoms with Crippen LogP contribution in [-0.4, -0.2) is 28.4 Å². The smallest absolute Gasteiger partial charge is 0.151 e. The molecule has 1 fully saturated rings. The molecule has 15 heavy (non-hydrogen) atoms. The van der Waals surface area contributed by atoms with Gasteiger partial charge in [0.2, 0.25) is 0 Å². The van der Waals surface area contributed by atoms with Crippen LogP contribution in [0, 0.1) is 0 Å². The lowest BCUT2D eigenvalue weighted by Gasteiger charge is -2.25. The highest BCUT2D eigenvalue weighted by atomic mass is 32.2. The van der Waals surface area contributed by atoms with Crippen molar-refractivity contribution in [2.24, 2.45) is 0 Å². The van der Waals surface area contributed by atoms with Gasteiger partial charge in [-0.25, -0.2) is 0 Å². The van der Waals surface area contributed by atoms with E-state index in [1.807, 2.05) is 0 Å². The predicted molar refractivity (Wildman–Crippen MR) is 73.1 cm³/mol. The molecule has 0 radical (unpaired) electrons. The maximum absolute atomic E-state index is 5.37. The van der Waals surface area contributed by atoms with Crippen molar-refractivity contribution < 1.29 is 0 Å².